The number of para-hydroxylation sites is 1. The van der Waals surface area contributed by atoms with Crippen LogP contribution in [0.1, 0.15) is 12.0 Å². The Labute approximate surface area is 102 Å². The highest BCUT2D eigenvalue weighted by Crippen LogP contribution is 2.17. The highest BCUT2D eigenvalue weighted by atomic mass is 32.2. The van der Waals surface area contributed by atoms with Crippen LogP contribution in [0.15, 0.2) is 24.3 Å². The van der Waals surface area contributed by atoms with E-state index < -0.39 is 9.84 Å². The van der Waals surface area contributed by atoms with Gasteiger partial charge in [-0.25, -0.2) is 8.42 Å². The van der Waals surface area contributed by atoms with Gasteiger partial charge in [0.05, 0.1) is 11.5 Å². The topological polar surface area (TPSA) is 72.2 Å². The number of benzene rings is 1. The molecule has 0 aromatic heterocycles. The molecule has 0 radical (unpaired) electrons. The van der Waals surface area contributed by atoms with Crippen molar-refractivity contribution in [3.63, 3.8) is 0 Å². The summed E-state index contributed by atoms with van der Waals surface area (Å²) in [4.78, 5) is 0. The van der Waals surface area contributed by atoms with Crippen LogP contribution in [-0.4, -0.2) is 26.5 Å². The third-order valence-corrected chi connectivity index (χ3v) is 4.97. The van der Waals surface area contributed by atoms with Gasteiger partial charge in [0.25, 0.3) is 0 Å². The molecule has 17 heavy (non-hydrogen) atoms. The van der Waals surface area contributed by atoms with Gasteiger partial charge in [-0.1, -0.05) is 18.2 Å². The summed E-state index contributed by atoms with van der Waals surface area (Å²) in [6.07, 6.45) is 0.777. The minimum atomic E-state index is -2.76. The Bertz CT molecular complexity index is 485. The molecule has 1 aliphatic rings. The smallest absolute Gasteiger partial charge is 0.150 e. The second-order valence-corrected chi connectivity index (χ2v) is 6.83. The number of sulfone groups is 1. The van der Waals surface area contributed by atoms with Gasteiger partial charge >= 0.3 is 0 Å². The molecule has 94 valence electrons. The molecule has 1 aromatic carbocycles. The second kappa shape index (κ2) is 5.06. The van der Waals surface area contributed by atoms with Crippen molar-refractivity contribution < 1.29 is 8.42 Å². The Morgan fingerprint density at radius 2 is 2.12 bits per heavy atom. The molecule has 0 aliphatic carbocycles. The highest BCUT2D eigenvalue weighted by molar-refractivity contribution is 7.91. The molecule has 1 fully saturated rings. The monoisotopic (exact) mass is 254 g/mol. The van der Waals surface area contributed by atoms with Crippen LogP contribution >= 0.6 is 0 Å². The fourth-order valence-electron chi connectivity index (χ4n) is 2.14. The van der Waals surface area contributed by atoms with Gasteiger partial charge in [-0.05, 0) is 30.5 Å². The lowest BCUT2D eigenvalue weighted by molar-refractivity contribution is 0.521. The lowest BCUT2D eigenvalue weighted by Gasteiger charge is -2.10. The Morgan fingerprint density at radius 3 is 2.76 bits per heavy atom. The van der Waals surface area contributed by atoms with E-state index in [1.807, 2.05) is 24.3 Å². The number of anilines is 1. The fraction of sp³-hybridized carbons (Fsp3) is 0.500. The van der Waals surface area contributed by atoms with Gasteiger partial charge in [0.15, 0.2) is 9.84 Å². The summed E-state index contributed by atoms with van der Waals surface area (Å²) < 4.78 is 22.6. The molecular formula is C12H18N2O2S. The highest BCUT2D eigenvalue weighted by Gasteiger charge is 2.27. The number of rotatable bonds is 4. The van der Waals surface area contributed by atoms with Crippen molar-refractivity contribution >= 4 is 15.5 Å². The molecule has 1 aliphatic heterocycles. The van der Waals surface area contributed by atoms with Crippen LogP contribution in [0.4, 0.5) is 5.69 Å². The predicted molar refractivity (Wildman–Crippen MR) is 69.3 cm³/mol. The number of nitrogen functional groups attached to an aromatic ring is 1. The molecule has 1 heterocycles. The first-order valence-corrected chi connectivity index (χ1v) is 7.63. The molecule has 4 nitrogen and oxygen atoms in total. The quantitative estimate of drug-likeness (QED) is 0.779. The van der Waals surface area contributed by atoms with Gasteiger partial charge in [0.2, 0.25) is 0 Å². The summed E-state index contributed by atoms with van der Waals surface area (Å²) >= 11 is 0. The summed E-state index contributed by atoms with van der Waals surface area (Å²) in [6, 6.07) is 7.71. The minimum Gasteiger partial charge on any atom is -0.398 e. The van der Waals surface area contributed by atoms with Crippen molar-refractivity contribution in [3.8, 4) is 0 Å². The molecule has 0 bridgehead atoms. The Kier molecular flexibility index (Phi) is 3.69. The van der Waals surface area contributed by atoms with Gasteiger partial charge in [0.1, 0.15) is 0 Å². The molecular weight excluding hydrogens is 236 g/mol. The molecule has 2 rings (SSSR count). The van der Waals surface area contributed by atoms with E-state index in [1.54, 1.807) is 0 Å². The maximum Gasteiger partial charge on any atom is 0.150 e. The van der Waals surface area contributed by atoms with Crippen LogP contribution in [0.3, 0.4) is 0 Å². The molecule has 1 aromatic rings. The standard InChI is InChI=1S/C12H18N2O2S/c13-12-4-2-1-3-11(12)8-14-7-10-5-6-17(15,16)9-10/h1-4,10,14H,5-9,13H2. The zero-order chi connectivity index (χ0) is 12.3. The zero-order valence-corrected chi connectivity index (χ0v) is 10.5. The minimum absolute atomic E-state index is 0.255. The van der Waals surface area contributed by atoms with Crippen LogP contribution in [0.2, 0.25) is 0 Å². The number of nitrogens with two attached hydrogens (primary N) is 1. The van der Waals surface area contributed by atoms with E-state index in [4.69, 9.17) is 5.73 Å². The van der Waals surface area contributed by atoms with Crippen LogP contribution in [-0.2, 0) is 16.4 Å². The summed E-state index contributed by atoms with van der Waals surface area (Å²) in [5.41, 5.74) is 7.66. The normalized spacial score (nSPS) is 22.7. The molecule has 5 heteroatoms. The maximum atomic E-state index is 11.3. The first-order valence-electron chi connectivity index (χ1n) is 5.81. The van der Waals surface area contributed by atoms with E-state index in [-0.39, 0.29) is 5.92 Å². The first-order chi connectivity index (χ1) is 8.07. The number of hydrogen-bond acceptors (Lipinski definition) is 4. The SMILES string of the molecule is Nc1ccccc1CNCC1CCS(=O)(=O)C1. The van der Waals surface area contributed by atoms with Crippen molar-refractivity contribution in [3.05, 3.63) is 29.8 Å². The third-order valence-electron chi connectivity index (χ3n) is 3.13. The number of hydrogen-bond donors (Lipinski definition) is 2. The molecule has 0 spiro atoms. The van der Waals surface area contributed by atoms with Crippen molar-refractivity contribution in [2.24, 2.45) is 5.92 Å². The van der Waals surface area contributed by atoms with E-state index in [9.17, 15) is 8.42 Å². The van der Waals surface area contributed by atoms with Gasteiger partial charge in [-0.2, -0.15) is 0 Å². The third kappa shape index (κ3) is 3.44. The lowest BCUT2D eigenvalue weighted by Crippen LogP contribution is -2.23. The van der Waals surface area contributed by atoms with E-state index in [0.29, 0.717) is 18.1 Å². The van der Waals surface area contributed by atoms with Gasteiger partial charge in [-0.15, -0.1) is 0 Å². The van der Waals surface area contributed by atoms with Crippen molar-refractivity contribution in [1.82, 2.24) is 5.32 Å². The Hall–Kier alpha value is -1.07. The van der Waals surface area contributed by atoms with Crippen LogP contribution in [0.5, 0.6) is 0 Å². The molecule has 3 N–H and O–H groups in total. The lowest BCUT2D eigenvalue weighted by atomic mass is 10.1. The Balaban J connectivity index is 1.79. The van der Waals surface area contributed by atoms with E-state index >= 15 is 0 Å². The maximum absolute atomic E-state index is 11.3. The largest absolute Gasteiger partial charge is 0.398 e. The predicted octanol–water partition coefficient (Wildman–Crippen LogP) is 0.793. The van der Waals surface area contributed by atoms with E-state index in [2.05, 4.69) is 5.32 Å². The van der Waals surface area contributed by atoms with Gasteiger partial charge in [0, 0.05) is 12.2 Å². The Morgan fingerprint density at radius 1 is 1.35 bits per heavy atom. The van der Waals surface area contributed by atoms with Crippen molar-refractivity contribution in [1.29, 1.82) is 0 Å². The summed E-state index contributed by atoms with van der Waals surface area (Å²) in [5.74, 6) is 0.918. The molecule has 0 amide bonds. The van der Waals surface area contributed by atoms with Crippen molar-refractivity contribution in [2.45, 2.75) is 13.0 Å². The van der Waals surface area contributed by atoms with Crippen LogP contribution in [0, 0.1) is 5.92 Å². The average Bonchev–Trinajstić information content (AvgIpc) is 2.61. The summed E-state index contributed by atoms with van der Waals surface area (Å²) in [5, 5.41) is 3.28. The van der Waals surface area contributed by atoms with Crippen LogP contribution in [0.25, 0.3) is 0 Å². The molecule has 1 saturated heterocycles. The van der Waals surface area contributed by atoms with Gasteiger partial charge < -0.3 is 11.1 Å². The van der Waals surface area contributed by atoms with E-state index in [1.165, 1.54) is 0 Å². The number of nitrogens with one attached hydrogen (secondary N) is 1. The zero-order valence-electron chi connectivity index (χ0n) is 9.72. The van der Waals surface area contributed by atoms with Crippen LogP contribution < -0.4 is 11.1 Å². The summed E-state index contributed by atoms with van der Waals surface area (Å²) in [7, 11) is -2.76. The first kappa shape index (κ1) is 12.4. The fourth-order valence-corrected chi connectivity index (χ4v) is 4.00. The second-order valence-electron chi connectivity index (χ2n) is 4.60. The van der Waals surface area contributed by atoms with Gasteiger partial charge in [-0.3, -0.25) is 0 Å². The molecule has 1 atom stereocenters. The van der Waals surface area contributed by atoms with E-state index in [0.717, 1.165) is 24.2 Å². The summed E-state index contributed by atoms with van der Waals surface area (Å²) in [6.45, 7) is 1.44. The molecule has 0 saturated carbocycles. The average molecular weight is 254 g/mol. The van der Waals surface area contributed by atoms with Crippen molar-refractivity contribution in [2.75, 3.05) is 23.8 Å². The molecule has 1 unspecified atom stereocenters.